The third kappa shape index (κ3) is 3.92. The fourth-order valence-electron chi connectivity index (χ4n) is 8.71. The molecule has 8 atom stereocenters. The van der Waals surface area contributed by atoms with Gasteiger partial charge in [-0.3, -0.25) is 9.59 Å². The van der Waals surface area contributed by atoms with Gasteiger partial charge in [-0.15, -0.1) is 0 Å². The van der Waals surface area contributed by atoms with Gasteiger partial charge in [-0.25, -0.2) is 0 Å². The van der Waals surface area contributed by atoms with Crippen LogP contribution in [-0.2, 0) is 9.59 Å². The van der Waals surface area contributed by atoms with E-state index in [9.17, 15) is 19.8 Å². The van der Waals surface area contributed by atoms with Gasteiger partial charge in [-0.1, -0.05) is 39.2 Å². The van der Waals surface area contributed by atoms with E-state index >= 15 is 0 Å². The van der Waals surface area contributed by atoms with Gasteiger partial charge in [0.1, 0.15) is 0 Å². The van der Waals surface area contributed by atoms with Gasteiger partial charge in [0.05, 0.1) is 12.5 Å². The molecule has 4 rings (SSSR count). The fourth-order valence-corrected chi connectivity index (χ4v) is 8.71. The SMILES string of the molecule is C[C@H](CCCC(CO)C(=O)O)[C@H]1CC[C@H]2[C@@H]3CCC4=CC(=O)CC[C@]4(C)[C@H]3CC[C@]12C. The maximum atomic E-state index is 12.0. The first-order chi connectivity index (χ1) is 14.7. The molecule has 3 fully saturated rings. The number of hydrogen-bond acceptors (Lipinski definition) is 3. The largest absolute Gasteiger partial charge is 0.481 e. The highest BCUT2D eigenvalue weighted by Crippen LogP contribution is 2.67. The number of carbonyl (C=O) groups is 2. The predicted molar refractivity (Wildman–Crippen MR) is 121 cm³/mol. The smallest absolute Gasteiger partial charge is 0.308 e. The van der Waals surface area contributed by atoms with Crippen LogP contribution in [0.1, 0.15) is 91.4 Å². The standard InChI is InChI=1S/C27H42O4/c1-17(5-4-6-18(16-28)25(30)31)22-9-10-23-21-8-7-19-15-20(29)11-13-26(19,2)24(21)12-14-27(22,23)3/h15,17-18,21-24,28H,4-14,16H2,1-3H3,(H,30,31)/t17-,18?,21+,22-,23+,24+,26+,27-/m1/s1. The molecule has 0 bridgehead atoms. The van der Waals surface area contributed by atoms with E-state index in [1.165, 1.54) is 37.7 Å². The normalized spacial score (nSPS) is 41.5. The van der Waals surface area contributed by atoms with Crippen molar-refractivity contribution in [3.8, 4) is 0 Å². The average Bonchev–Trinajstić information content (AvgIpc) is 3.08. The lowest BCUT2D eigenvalue weighted by atomic mass is 9.46. The number of carbonyl (C=O) groups excluding carboxylic acids is 1. The summed E-state index contributed by atoms with van der Waals surface area (Å²) in [7, 11) is 0. The van der Waals surface area contributed by atoms with Crippen LogP contribution < -0.4 is 0 Å². The van der Waals surface area contributed by atoms with Crippen LogP contribution >= 0.6 is 0 Å². The molecule has 31 heavy (non-hydrogen) atoms. The molecule has 2 N–H and O–H groups in total. The van der Waals surface area contributed by atoms with E-state index in [0.717, 1.165) is 55.8 Å². The molecule has 0 aromatic rings. The highest BCUT2D eigenvalue weighted by molar-refractivity contribution is 5.91. The summed E-state index contributed by atoms with van der Waals surface area (Å²) in [5.41, 5.74) is 2.11. The second kappa shape index (κ2) is 8.65. The van der Waals surface area contributed by atoms with Crippen LogP contribution in [0.25, 0.3) is 0 Å². The zero-order valence-corrected chi connectivity index (χ0v) is 19.7. The summed E-state index contributed by atoms with van der Waals surface area (Å²) in [6, 6.07) is 0. The van der Waals surface area contributed by atoms with Crippen molar-refractivity contribution in [2.24, 2.45) is 46.3 Å². The summed E-state index contributed by atoms with van der Waals surface area (Å²) in [5, 5.41) is 18.5. The number of rotatable bonds is 7. The summed E-state index contributed by atoms with van der Waals surface area (Å²) >= 11 is 0. The summed E-state index contributed by atoms with van der Waals surface area (Å²) < 4.78 is 0. The number of carboxylic acid groups (broad SMARTS) is 1. The molecule has 4 nitrogen and oxygen atoms in total. The number of fused-ring (bicyclic) bond motifs is 5. The van der Waals surface area contributed by atoms with Gasteiger partial charge in [0.15, 0.2) is 5.78 Å². The van der Waals surface area contributed by atoms with Crippen molar-refractivity contribution in [3.63, 3.8) is 0 Å². The Morgan fingerprint density at radius 2 is 1.87 bits per heavy atom. The summed E-state index contributed by atoms with van der Waals surface area (Å²) in [4.78, 5) is 23.2. The number of aliphatic hydroxyl groups excluding tert-OH is 1. The van der Waals surface area contributed by atoms with Crippen molar-refractivity contribution in [1.82, 2.24) is 0 Å². The van der Waals surface area contributed by atoms with E-state index in [4.69, 9.17) is 0 Å². The minimum atomic E-state index is -0.870. The lowest BCUT2D eigenvalue weighted by Crippen LogP contribution is -2.50. The summed E-state index contributed by atoms with van der Waals surface area (Å²) in [6.07, 6.45) is 14.0. The first-order valence-electron chi connectivity index (χ1n) is 12.8. The number of carboxylic acids is 1. The minimum absolute atomic E-state index is 0.248. The van der Waals surface area contributed by atoms with Crippen molar-refractivity contribution >= 4 is 11.8 Å². The van der Waals surface area contributed by atoms with Gasteiger partial charge in [0.25, 0.3) is 0 Å². The first kappa shape index (κ1) is 23.0. The molecule has 0 amide bonds. The monoisotopic (exact) mass is 430 g/mol. The lowest BCUT2D eigenvalue weighted by molar-refractivity contribution is -0.143. The van der Waals surface area contributed by atoms with Crippen LogP contribution in [0.3, 0.4) is 0 Å². The predicted octanol–water partition coefficient (Wildman–Crippen LogP) is 5.63. The Balaban J connectivity index is 1.43. The van der Waals surface area contributed by atoms with Gasteiger partial charge < -0.3 is 10.2 Å². The second-order valence-electron chi connectivity index (χ2n) is 11.8. The van der Waals surface area contributed by atoms with E-state index in [1.807, 2.05) is 6.08 Å². The number of ketones is 1. The van der Waals surface area contributed by atoms with Crippen LogP contribution in [0.4, 0.5) is 0 Å². The molecular formula is C27H42O4. The number of hydrogen-bond donors (Lipinski definition) is 2. The zero-order chi connectivity index (χ0) is 22.4. The molecule has 4 heteroatoms. The van der Waals surface area contributed by atoms with E-state index in [2.05, 4.69) is 20.8 Å². The molecule has 1 unspecified atom stereocenters. The molecule has 0 aliphatic heterocycles. The lowest BCUT2D eigenvalue weighted by Gasteiger charge is -2.58. The molecule has 0 aromatic heterocycles. The molecule has 174 valence electrons. The molecular weight excluding hydrogens is 388 g/mol. The van der Waals surface area contributed by atoms with Gasteiger partial charge in [0, 0.05) is 6.42 Å². The number of allylic oxidation sites excluding steroid dienone is 1. The first-order valence-corrected chi connectivity index (χ1v) is 12.8. The Morgan fingerprint density at radius 3 is 2.58 bits per heavy atom. The minimum Gasteiger partial charge on any atom is -0.481 e. The maximum Gasteiger partial charge on any atom is 0.308 e. The van der Waals surface area contributed by atoms with Crippen LogP contribution in [0, 0.1) is 46.3 Å². The van der Waals surface area contributed by atoms with Crippen molar-refractivity contribution in [2.75, 3.05) is 6.61 Å². The molecule has 0 heterocycles. The highest BCUT2D eigenvalue weighted by Gasteiger charge is 2.59. The van der Waals surface area contributed by atoms with E-state index in [1.54, 1.807) is 0 Å². The van der Waals surface area contributed by atoms with Gasteiger partial charge in [-0.2, -0.15) is 0 Å². The zero-order valence-electron chi connectivity index (χ0n) is 19.7. The third-order valence-corrected chi connectivity index (χ3v) is 10.5. The van der Waals surface area contributed by atoms with Crippen LogP contribution in [0.15, 0.2) is 11.6 Å². The average molecular weight is 431 g/mol. The number of aliphatic hydroxyl groups is 1. The molecule has 0 radical (unpaired) electrons. The third-order valence-electron chi connectivity index (χ3n) is 10.5. The topological polar surface area (TPSA) is 74.6 Å². The Labute approximate surface area is 187 Å². The quantitative estimate of drug-likeness (QED) is 0.548. The Morgan fingerprint density at radius 1 is 1.10 bits per heavy atom. The van der Waals surface area contributed by atoms with Gasteiger partial charge >= 0.3 is 5.97 Å². The van der Waals surface area contributed by atoms with Crippen LogP contribution in [0.2, 0.25) is 0 Å². The van der Waals surface area contributed by atoms with E-state index in [0.29, 0.717) is 23.5 Å². The second-order valence-corrected chi connectivity index (χ2v) is 11.8. The van der Waals surface area contributed by atoms with Crippen LogP contribution in [0.5, 0.6) is 0 Å². The summed E-state index contributed by atoms with van der Waals surface area (Å²) in [6.45, 7) is 7.15. The van der Waals surface area contributed by atoms with Gasteiger partial charge in [-0.05, 0) is 97.9 Å². The molecule has 0 saturated heterocycles. The molecule has 4 aliphatic rings. The Hall–Kier alpha value is -1.16. The summed E-state index contributed by atoms with van der Waals surface area (Å²) in [5.74, 6) is 2.56. The van der Waals surface area contributed by atoms with E-state index < -0.39 is 11.9 Å². The molecule has 0 aromatic carbocycles. The van der Waals surface area contributed by atoms with E-state index in [-0.39, 0.29) is 12.0 Å². The van der Waals surface area contributed by atoms with Crippen molar-refractivity contribution < 1.29 is 19.8 Å². The van der Waals surface area contributed by atoms with Crippen molar-refractivity contribution in [3.05, 3.63) is 11.6 Å². The van der Waals surface area contributed by atoms with Crippen molar-refractivity contribution in [2.45, 2.75) is 91.4 Å². The van der Waals surface area contributed by atoms with Crippen LogP contribution in [-0.4, -0.2) is 28.6 Å². The highest BCUT2D eigenvalue weighted by atomic mass is 16.4. The maximum absolute atomic E-state index is 12.0. The molecule has 4 aliphatic carbocycles. The Kier molecular flexibility index (Phi) is 6.42. The Bertz CT molecular complexity index is 742. The number of aliphatic carboxylic acids is 1. The van der Waals surface area contributed by atoms with Crippen molar-refractivity contribution in [1.29, 1.82) is 0 Å². The molecule has 0 spiro atoms. The van der Waals surface area contributed by atoms with Gasteiger partial charge in [0.2, 0.25) is 0 Å². The fraction of sp³-hybridized carbons (Fsp3) is 0.852. The molecule has 3 saturated carbocycles.